The van der Waals surface area contributed by atoms with Gasteiger partial charge in [-0.2, -0.15) is 0 Å². The van der Waals surface area contributed by atoms with E-state index in [9.17, 15) is 19.8 Å². The van der Waals surface area contributed by atoms with Crippen molar-refractivity contribution < 1.29 is 24.5 Å². The molecule has 6 heteroatoms. The van der Waals surface area contributed by atoms with Gasteiger partial charge in [0, 0.05) is 6.08 Å². The van der Waals surface area contributed by atoms with Gasteiger partial charge in [-0.05, 0) is 36.6 Å². The molecule has 3 N–H and O–H groups in total. The van der Waals surface area contributed by atoms with Crippen LogP contribution in [0, 0.1) is 5.92 Å². The van der Waals surface area contributed by atoms with Crippen LogP contribution < -0.4 is 5.32 Å². The molecule has 0 spiro atoms. The third kappa shape index (κ3) is 5.65. The van der Waals surface area contributed by atoms with E-state index in [0.29, 0.717) is 5.56 Å². The number of amides is 1. The van der Waals surface area contributed by atoms with Crippen molar-refractivity contribution in [3.05, 3.63) is 29.8 Å². The monoisotopic (exact) mass is 321 g/mol. The number of phenolic OH excluding ortho intramolecular Hbond substituents is 2. The number of carbonyl (C=O) groups excluding carboxylic acids is 2. The van der Waals surface area contributed by atoms with Gasteiger partial charge in [-0.1, -0.05) is 26.3 Å². The predicted molar refractivity (Wildman–Crippen MR) is 86.8 cm³/mol. The highest BCUT2D eigenvalue weighted by Gasteiger charge is 2.26. The fourth-order valence-corrected chi connectivity index (χ4v) is 1.92. The molecule has 0 saturated heterocycles. The van der Waals surface area contributed by atoms with Crippen LogP contribution in [0.5, 0.6) is 11.5 Å². The molecule has 0 aliphatic carbocycles. The van der Waals surface area contributed by atoms with Crippen molar-refractivity contribution in [3.63, 3.8) is 0 Å². The molecule has 0 saturated carbocycles. The number of aromatic hydroxyl groups is 2. The Morgan fingerprint density at radius 3 is 2.52 bits per heavy atom. The molecular formula is C17H23NO5. The number of hydrogen-bond donors (Lipinski definition) is 3. The second-order valence-corrected chi connectivity index (χ2v) is 5.21. The van der Waals surface area contributed by atoms with Crippen LogP contribution in [-0.4, -0.2) is 34.7 Å². The normalized spacial score (nSPS) is 13.5. The van der Waals surface area contributed by atoms with E-state index in [1.807, 2.05) is 13.8 Å². The van der Waals surface area contributed by atoms with Gasteiger partial charge >= 0.3 is 5.97 Å². The number of nitrogens with one attached hydrogen (secondary N) is 1. The summed E-state index contributed by atoms with van der Waals surface area (Å²) in [5.41, 5.74) is 0.548. The van der Waals surface area contributed by atoms with E-state index in [2.05, 4.69) is 5.32 Å². The van der Waals surface area contributed by atoms with Crippen molar-refractivity contribution >= 4 is 18.0 Å². The van der Waals surface area contributed by atoms with Gasteiger partial charge in [0.25, 0.3) is 0 Å². The summed E-state index contributed by atoms with van der Waals surface area (Å²) in [6.07, 6.45) is 3.47. The summed E-state index contributed by atoms with van der Waals surface area (Å²) in [6.45, 7) is 5.76. The Hall–Kier alpha value is -2.50. The summed E-state index contributed by atoms with van der Waals surface area (Å²) in [7, 11) is 0. The van der Waals surface area contributed by atoms with Crippen LogP contribution in [0.3, 0.4) is 0 Å². The Morgan fingerprint density at radius 2 is 1.96 bits per heavy atom. The van der Waals surface area contributed by atoms with Crippen molar-refractivity contribution in [2.24, 2.45) is 5.92 Å². The number of rotatable bonds is 7. The van der Waals surface area contributed by atoms with Gasteiger partial charge in [-0.15, -0.1) is 0 Å². The van der Waals surface area contributed by atoms with Crippen molar-refractivity contribution in [2.75, 3.05) is 6.61 Å². The number of hydrogen-bond acceptors (Lipinski definition) is 5. The molecule has 0 bridgehead atoms. The zero-order valence-corrected chi connectivity index (χ0v) is 13.6. The van der Waals surface area contributed by atoms with E-state index in [-0.39, 0.29) is 24.0 Å². The highest BCUT2D eigenvalue weighted by Crippen LogP contribution is 2.25. The fraction of sp³-hybridized carbons (Fsp3) is 0.412. The Bertz CT molecular complexity index is 582. The lowest BCUT2D eigenvalue weighted by Crippen LogP contribution is -2.45. The minimum atomic E-state index is -0.703. The molecule has 0 aliphatic rings. The molecule has 1 amide bonds. The van der Waals surface area contributed by atoms with E-state index in [0.717, 1.165) is 6.42 Å². The molecule has 23 heavy (non-hydrogen) atoms. The Kier molecular flexibility index (Phi) is 7.12. The van der Waals surface area contributed by atoms with E-state index in [1.165, 1.54) is 24.3 Å². The number of esters is 1. The average Bonchev–Trinajstić information content (AvgIpc) is 2.53. The lowest BCUT2D eigenvalue weighted by Gasteiger charge is -2.21. The van der Waals surface area contributed by atoms with E-state index in [1.54, 1.807) is 13.0 Å². The van der Waals surface area contributed by atoms with Crippen LogP contribution in [0.25, 0.3) is 6.08 Å². The van der Waals surface area contributed by atoms with Crippen LogP contribution in [0.1, 0.15) is 32.8 Å². The quantitative estimate of drug-likeness (QED) is 0.406. The van der Waals surface area contributed by atoms with E-state index < -0.39 is 17.9 Å². The summed E-state index contributed by atoms with van der Waals surface area (Å²) in [4.78, 5) is 23.9. The smallest absolute Gasteiger partial charge is 0.328 e. The molecule has 1 aromatic rings. The van der Waals surface area contributed by atoms with Gasteiger partial charge in [0.2, 0.25) is 5.91 Å². The van der Waals surface area contributed by atoms with Gasteiger partial charge in [0.15, 0.2) is 11.5 Å². The maximum atomic E-state index is 12.0. The molecule has 2 atom stereocenters. The van der Waals surface area contributed by atoms with Crippen LogP contribution in [0.2, 0.25) is 0 Å². The van der Waals surface area contributed by atoms with Gasteiger partial charge < -0.3 is 20.3 Å². The lowest BCUT2D eigenvalue weighted by atomic mass is 9.99. The van der Waals surface area contributed by atoms with Crippen LogP contribution in [-0.2, 0) is 14.3 Å². The summed E-state index contributed by atoms with van der Waals surface area (Å²) in [6, 6.07) is 3.51. The molecule has 6 nitrogen and oxygen atoms in total. The summed E-state index contributed by atoms with van der Waals surface area (Å²) in [5.74, 6) is -1.44. The van der Waals surface area contributed by atoms with E-state index >= 15 is 0 Å². The molecule has 126 valence electrons. The largest absolute Gasteiger partial charge is 0.504 e. The molecular weight excluding hydrogens is 298 g/mol. The van der Waals surface area contributed by atoms with Gasteiger partial charge in [0.1, 0.15) is 6.04 Å². The molecule has 0 aliphatic heterocycles. The molecule has 1 aromatic carbocycles. The SMILES string of the molecule is CCOC(=O)[C@@H](NC(=O)/C=C/c1ccc(O)c(O)c1)[C@@H](C)CC. The zero-order valence-electron chi connectivity index (χ0n) is 13.6. The first kappa shape index (κ1) is 18.5. The van der Waals surface area contributed by atoms with Crippen molar-refractivity contribution in [1.82, 2.24) is 5.32 Å². The molecule has 1 rings (SSSR count). The molecule has 0 radical (unpaired) electrons. The second-order valence-electron chi connectivity index (χ2n) is 5.21. The minimum Gasteiger partial charge on any atom is -0.504 e. The van der Waals surface area contributed by atoms with Gasteiger partial charge in [-0.25, -0.2) is 4.79 Å². The van der Waals surface area contributed by atoms with Gasteiger partial charge in [-0.3, -0.25) is 4.79 Å². The zero-order chi connectivity index (χ0) is 17.4. The Labute approximate surface area is 135 Å². The summed E-state index contributed by atoms with van der Waals surface area (Å²) in [5, 5.41) is 21.3. The predicted octanol–water partition coefficient (Wildman–Crippen LogP) is 2.20. The standard InChI is InChI=1S/C17H23NO5/c1-4-11(3)16(17(22)23-5-2)18-15(21)9-7-12-6-8-13(19)14(20)10-12/h6-11,16,19-20H,4-5H2,1-3H3,(H,18,21)/b9-7+/t11-,16-/m0/s1. The average molecular weight is 321 g/mol. The maximum Gasteiger partial charge on any atom is 0.328 e. The minimum absolute atomic E-state index is 0.0517. The van der Waals surface area contributed by atoms with Crippen LogP contribution in [0.15, 0.2) is 24.3 Å². The summed E-state index contributed by atoms with van der Waals surface area (Å²) >= 11 is 0. The van der Waals surface area contributed by atoms with Gasteiger partial charge in [0.05, 0.1) is 6.61 Å². The first-order valence-corrected chi connectivity index (χ1v) is 7.56. The molecule has 0 heterocycles. The lowest BCUT2D eigenvalue weighted by molar-refractivity contribution is -0.148. The van der Waals surface area contributed by atoms with Crippen molar-refractivity contribution in [2.45, 2.75) is 33.2 Å². The van der Waals surface area contributed by atoms with E-state index in [4.69, 9.17) is 4.74 Å². The summed E-state index contributed by atoms with van der Waals surface area (Å²) < 4.78 is 4.98. The fourth-order valence-electron chi connectivity index (χ4n) is 1.92. The van der Waals surface area contributed by atoms with Crippen molar-refractivity contribution in [1.29, 1.82) is 0 Å². The third-order valence-corrected chi connectivity index (χ3v) is 3.48. The first-order chi connectivity index (χ1) is 10.9. The Morgan fingerprint density at radius 1 is 1.26 bits per heavy atom. The third-order valence-electron chi connectivity index (χ3n) is 3.48. The van der Waals surface area contributed by atoms with Crippen molar-refractivity contribution in [3.8, 4) is 11.5 Å². The maximum absolute atomic E-state index is 12.0. The van der Waals surface area contributed by atoms with Crippen LogP contribution in [0.4, 0.5) is 0 Å². The number of ether oxygens (including phenoxy) is 1. The number of phenols is 2. The van der Waals surface area contributed by atoms with Crippen LogP contribution >= 0.6 is 0 Å². The highest BCUT2D eigenvalue weighted by atomic mass is 16.5. The number of benzene rings is 1. The molecule has 0 fully saturated rings. The topological polar surface area (TPSA) is 95.9 Å². The molecule has 0 aromatic heterocycles. The second kappa shape index (κ2) is 8.82. The first-order valence-electron chi connectivity index (χ1n) is 7.56. The number of carbonyl (C=O) groups is 2. The Balaban J connectivity index is 2.76. The highest BCUT2D eigenvalue weighted by molar-refractivity contribution is 5.94. The molecule has 0 unspecified atom stereocenters.